The number of Topliss-reactive ketones (excluding diaryl/α,β-unsaturated/α-hetero) is 1. The molecule has 2 atom stereocenters. The van der Waals surface area contributed by atoms with Crippen molar-refractivity contribution >= 4 is 16.2 Å². The Balaban J connectivity index is 0. The average Bonchev–Trinajstić information content (AvgIpc) is 2.33. The van der Waals surface area contributed by atoms with E-state index in [9.17, 15) is 4.79 Å². The average molecular weight is 326 g/mol. The molecule has 2 bridgehead atoms. The fourth-order valence-electron chi connectivity index (χ4n) is 2.90. The monoisotopic (exact) mass is 326 g/mol. The van der Waals surface area contributed by atoms with Gasteiger partial charge in [0.05, 0.1) is 0 Å². The van der Waals surface area contributed by atoms with Crippen molar-refractivity contribution in [1.29, 1.82) is 0 Å². The number of hydrogen-bond donors (Lipinski definition) is 0. The summed E-state index contributed by atoms with van der Waals surface area (Å²) in [4.78, 5) is 11.6. The molecule has 2 aliphatic carbocycles. The van der Waals surface area contributed by atoms with Gasteiger partial charge in [-0.25, -0.2) is 0 Å². The standard InChI is InChI=1S/C10H16O.2K.H2O4S/c1-9(2)7-4-5-10(9,3)8(11)6-7;;;1-5(2,3)4/h7H,4-6H2,1-3H3;;;(H2,1,2,3,4)/q;2*+1;/p-2. The largest absolute Gasteiger partial charge is 1.00 e. The van der Waals surface area contributed by atoms with E-state index in [0.717, 1.165) is 12.8 Å². The summed E-state index contributed by atoms with van der Waals surface area (Å²) in [6, 6.07) is 0. The van der Waals surface area contributed by atoms with Crippen LogP contribution in [0.15, 0.2) is 0 Å². The summed E-state index contributed by atoms with van der Waals surface area (Å²) in [6.07, 6.45) is 3.25. The minimum Gasteiger partial charge on any atom is -0.759 e. The third kappa shape index (κ3) is 5.22. The molecule has 0 spiro atoms. The third-order valence-electron chi connectivity index (χ3n) is 4.48. The summed E-state index contributed by atoms with van der Waals surface area (Å²) < 4.78 is 34.1. The molecule has 2 aliphatic rings. The third-order valence-corrected chi connectivity index (χ3v) is 4.48. The Bertz CT molecular complexity index is 398. The summed E-state index contributed by atoms with van der Waals surface area (Å²) in [5.41, 5.74) is 0.307. The molecule has 94 valence electrons. The predicted octanol–water partition coefficient (Wildman–Crippen LogP) is -4.93. The molecular formula is C10H16K2O5S. The van der Waals surface area contributed by atoms with Gasteiger partial charge in [0.2, 0.25) is 0 Å². The summed E-state index contributed by atoms with van der Waals surface area (Å²) >= 11 is 0. The van der Waals surface area contributed by atoms with Gasteiger partial charge in [-0.1, -0.05) is 20.8 Å². The molecule has 0 radical (unpaired) electrons. The first-order valence-corrected chi connectivity index (χ1v) is 6.52. The van der Waals surface area contributed by atoms with Crippen LogP contribution in [0.5, 0.6) is 0 Å². The maximum Gasteiger partial charge on any atom is 1.00 e. The van der Waals surface area contributed by atoms with Crippen molar-refractivity contribution in [3.05, 3.63) is 0 Å². The summed E-state index contributed by atoms with van der Waals surface area (Å²) in [5.74, 6) is 1.19. The number of ketones is 1. The molecule has 8 heteroatoms. The van der Waals surface area contributed by atoms with Crippen molar-refractivity contribution in [2.75, 3.05) is 0 Å². The van der Waals surface area contributed by atoms with Crippen LogP contribution in [-0.4, -0.2) is 23.3 Å². The van der Waals surface area contributed by atoms with Crippen LogP contribution in [0.1, 0.15) is 40.0 Å². The van der Waals surface area contributed by atoms with E-state index in [0.29, 0.717) is 11.7 Å². The first-order chi connectivity index (χ1) is 6.98. The van der Waals surface area contributed by atoms with E-state index >= 15 is 0 Å². The van der Waals surface area contributed by atoms with Crippen LogP contribution in [0, 0.1) is 16.7 Å². The summed E-state index contributed by atoms with van der Waals surface area (Å²) in [5, 5.41) is 0. The predicted molar refractivity (Wildman–Crippen MR) is 54.7 cm³/mol. The van der Waals surface area contributed by atoms with Crippen LogP contribution in [0.2, 0.25) is 0 Å². The van der Waals surface area contributed by atoms with Crippen molar-refractivity contribution in [1.82, 2.24) is 0 Å². The van der Waals surface area contributed by atoms with E-state index in [1.54, 1.807) is 0 Å². The van der Waals surface area contributed by atoms with Crippen molar-refractivity contribution in [3.63, 3.8) is 0 Å². The van der Waals surface area contributed by atoms with Crippen LogP contribution >= 0.6 is 0 Å². The molecule has 0 heterocycles. The SMILES string of the molecule is CC12CCC(CC1=O)C2(C)C.O=S(=O)([O-])[O-].[K+].[K+]. The second-order valence-electron chi connectivity index (χ2n) is 5.32. The van der Waals surface area contributed by atoms with Gasteiger partial charge in [0.25, 0.3) is 0 Å². The zero-order valence-corrected chi connectivity index (χ0v) is 18.7. The molecule has 0 aromatic carbocycles. The second-order valence-corrected chi connectivity index (χ2v) is 6.14. The molecule has 0 amide bonds. The molecule has 0 aromatic heterocycles. The maximum atomic E-state index is 11.6. The molecule has 18 heavy (non-hydrogen) atoms. The Morgan fingerprint density at radius 3 is 1.67 bits per heavy atom. The topological polar surface area (TPSA) is 97.3 Å². The summed E-state index contributed by atoms with van der Waals surface area (Å²) in [6.45, 7) is 6.67. The number of carbonyl (C=O) groups is 1. The molecule has 5 nitrogen and oxygen atoms in total. The van der Waals surface area contributed by atoms with Gasteiger partial charge < -0.3 is 9.11 Å². The van der Waals surface area contributed by atoms with Gasteiger partial charge in [-0.3, -0.25) is 13.2 Å². The Kier molecular flexibility index (Phi) is 10.1. The molecule has 0 N–H and O–H groups in total. The van der Waals surface area contributed by atoms with E-state index in [1.807, 2.05) is 0 Å². The molecular weight excluding hydrogens is 310 g/mol. The minimum absolute atomic E-state index is 0. The fraction of sp³-hybridized carbons (Fsp3) is 0.900. The second kappa shape index (κ2) is 7.89. The molecule has 2 rings (SSSR count). The quantitative estimate of drug-likeness (QED) is 0.252. The molecule has 0 aromatic rings. The Morgan fingerprint density at radius 2 is 1.56 bits per heavy atom. The van der Waals surface area contributed by atoms with Crippen LogP contribution in [0.3, 0.4) is 0 Å². The molecule has 2 saturated carbocycles. The zero-order chi connectivity index (χ0) is 12.8. The van der Waals surface area contributed by atoms with E-state index in [1.165, 1.54) is 6.42 Å². The van der Waals surface area contributed by atoms with Crippen molar-refractivity contribution < 1.29 is 125 Å². The Hall–Kier alpha value is 2.81. The number of carbonyl (C=O) groups excluding carboxylic acids is 1. The molecule has 0 saturated heterocycles. The van der Waals surface area contributed by atoms with Gasteiger partial charge in [-0.15, -0.1) is 0 Å². The molecule has 2 fully saturated rings. The first-order valence-electron chi connectivity index (χ1n) is 5.18. The van der Waals surface area contributed by atoms with Gasteiger partial charge >= 0.3 is 103 Å². The zero-order valence-electron chi connectivity index (χ0n) is 11.6. The van der Waals surface area contributed by atoms with Crippen LogP contribution in [0.4, 0.5) is 0 Å². The molecule has 2 unspecified atom stereocenters. The normalized spacial score (nSPS) is 31.8. The van der Waals surface area contributed by atoms with E-state index in [2.05, 4.69) is 20.8 Å². The summed E-state index contributed by atoms with van der Waals surface area (Å²) in [7, 11) is -5.17. The van der Waals surface area contributed by atoms with Gasteiger partial charge in [-0.05, 0) is 24.2 Å². The van der Waals surface area contributed by atoms with Crippen molar-refractivity contribution in [3.8, 4) is 0 Å². The number of fused-ring (bicyclic) bond motifs is 2. The van der Waals surface area contributed by atoms with E-state index in [-0.39, 0.29) is 114 Å². The first kappa shape index (κ1) is 23.1. The van der Waals surface area contributed by atoms with Gasteiger partial charge in [0.15, 0.2) is 0 Å². The van der Waals surface area contributed by atoms with Gasteiger partial charge in [0, 0.05) is 22.2 Å². The number of hydrogen-bond acceptors (Lipinski definition) is 5. The van der Waals surface area contributed by atoms with Crippen LogP contribution < -0.4 is 103 Å². The van der Waals surface area contributed by atoms with Crippen LogP contribution in [0.25, 0.3) is 0 Å². The Labute approximate surface area is 194 Å². The minimum atomic E-state index is -5.17. The van der Waals surface area contributed by atoms with E-state index in [4.69, 9.17) is 17.5 Å². The van der Waals surface area contributed by atoms with Crippen LogP contribution in [-0.2, 0) is 15.2 Å². The van der Waals surface area contributed by atoms with Crippen molar-refractivity contribution in [2.24, 2.45) is 16.7 Å². The fourth-order valence-corrected chi connectivity index (χ4v) is 2.90. The maximum absolute atomic E-state index is 11.6. The van der Waals surface area contributed by atoms with Gasteiger partial charge in [0.1, 0.15) is 5.78 Å². The van der Waals surface area contributed by atoms with Crippen molar-refractivity contribution in [2.45, 2.75) is 40.0 Å². The smallest absolute Gasteiger partial charge is 0.759 e. The van der Waals surface area contributed by atoms with Gasteiger partial charge in [-0.2, -0.15) is 0 Å². The number of rotatable bonds is 0. The Morgan fingerprint density at radius 1 is 1.17 bits per heavy atom. The van der Waals surface area contributed by atoms with E-state index < -0.39 is 10.4 Å². The molecule has 0 aliphatic heterocycles.